The molecule has 1 aliphatic heterocycles. The molecule has 0 radical (unpaired) electrons. The minimum atomic E-state index is -1.29. The van der Waals surface area contributed by atoms with Crippen molar-refractivity contribution in [3.05, 3.63) is 53.1 Å². The maximum Gasteiger partial charge on any atom is 0.251 e. The van der Waals surface area contributed by atoms with Crippen molar-refractivity contribution in [2.45, 2.75) is 77.0 Å². The largest absolute Gasteiger partial charge is 0.393 e. The fourth-order valence-electron chi connectivity index (χ4n) is 9.31. The number of carbonyl (C=O) groups excluding carboxylic acids is 3. The fourth-order valence-corrected chi connectivity index (χ4v) is 10.0. The van der Waals surface area contributed by atoms with E-state index in [0.717, 1.165) is 28.6 Å². The molecule has 4 aliphatic carbocycles. The lowest BCUT2D eigenvalue weighted by Crippen LogP contribution is -2.64. The molecule has 5 unspecified atom stereocenters. The van der Waals surface area contributed by atoms with Gasteiger partial charge in [-0.2, -0.15) is 0 Å². The summed E-state index contributed by atoms with van der Waals surface area (Å²) in [6, 6.07) is 5.31. The van der Waals surface area contributed by atoms with Crippen LogP contribution < -0.4 is 5.32 Å². The van der Waals surface area contributed by atoms with E-state index >= 15 is 0 Å². The lowest BCUT2D eigenvalue weighted by Gasteiger charge is -2.60. The van der Waals surface area contributed by atoms with Crippen molar-refractivity contribution < 1.29 is 29.0 Å². The maximum atomic E-state index is 14.3. The highest BCUT2D eigenvalue weighted by Crippen LogP contribution is 2.70. The van der Waals surface area contributed by atoms with E-state index in [1.807, 2.05) is 19.9 Å². The number of ketones is 2. The zero-order chi connectivity index (χ0) is 28.9. The number of nitrogens with zero attached hydrogens (tertiary/aromatic N) is 1. The SMILES string of the molecule is CC1(C)O[C@@H]2CC3C4CCC5=CC(=O)C=CC5(C)C4[C@@H](O)CC3(C)[C@@]2(C(=O)CNC(=O)c2ccc3ncsc3c2)O1. The maximum absolute atomic E-state index is 14.3. The lowest BCUT2D eigenvalue weighted by molar-refractivity contribution is -0.224. The molecule has 1 saturated heterocycles. The molecule has 8 atom stereocenters. The molecule has 0 bridgehead atoms. The van der Waals surface area contributed by atoms with Crippen LogP contribution in [0.2, 0.25) is 0 Å². The average molecular weight is 577 g/mol. The quantitative estimate of drug-likeness (QED) is 0.555. The summed E-state index contributed by atoms with van der Waals surface area (Å²) in [5, 5.41) is 14.7. The number of aromatic nitrogens is 1. The highest BCUT2D eigenvalue weighted by molar-refractivity contribution is 7.16. The van der Waals surface area contributed by atoms with Gasteiger partial charge in [-0.25, -0.2) is 4.98 Å². The van der Waals surface area contributed by atoms with Crippen LogP contribution in [0.5, 0.6) is 0 Å². The van der Waals surface area contributed by atoms with E-state index in [9.17, 15) is 19.5 Å². The van der Waals surface area contributed by atoms with E-state index in [1.54, 1.807) is 35.9 Å². The van der Waals surface area contributed by atoms with Crippen molar-refractivity contribution in [3.8, 4) is 0 Å². The Balaban J connectivity index is 1.19. The van der Waals surface area contributed by atoms with Crippen molar-refractivity contribution in [1.82, 2.24) is 10.3 Å². The van der Waals surface area contributed by atoms with Crippen LogP contribution in [0.15, 0.2) is 47.5 Å². The number of Topliss-reactive ketones (excluding diaryl/α,β-unsaturated/α-hetero) is 1. The molecule has 4 fully saturated rings. The zero-order valence-electron chi connectivity index (χ0n) is 23.8. The average Bonchev–Trinajstić information content (AvgIpc) is 3.56. The predicted octanol–water partition coefficient (Wildman–Crippen LogP) is 4.37. The summed E-state index contributed by atoms with van der Waals surface area (Å²) in [6.45, 7) is 7.67. The molecule has 8 nitrogen and oxygen atoms in total. The monoisotopic (exact) mass is 576 g/mol. The summed E-state index contributed by atoms with van der Waals surface area (Å²) < 4.78 is 14.0. The van der Waals surface area contributed by atoms with Gasteiger partial charge in [-0.1, -0.05) is 25.5 Å². The Bertz CT molecular complexity index is 1540. The van der Waals surface area contributed by atoms with Crippen LogP contribution >= 0.6 is 11.3 Å². The van der Waals surface area contributed by atoms with E-state index in [0.29, 0.717) is 18.4 Å². The van der Waals surface area contributed by atoms with Gasteiger partial charge in [-0.05, 0) is 81.7 Å². The van der Waals surface area contributed by atoms with Gasteiger partial charge < -0.3 is 19.9 Å². The first-order valence-corrected chi connectivity index (χ1v) is 15.4. The van der Waals surface area contributed by atoms with Crippen molar-refractivity contribution >= 4 is 39.0 Å². The molecule has 9 heteroatoms. The molecule has 0 spiro atoms. The van der Waals surface area contributed by atoms with Gasteiger partial charge in [0.25, 0.3) is 5.91 Å². The molecule has 1 amide bonds. The molecule has 41 heavy (non-hydrogen) atoms. The van der Waals surface area contributed by atoms with Crippen molar-refractivity contribution in [3.63, 3.8) is 0 Å². The highest BCUT2D eigenvalue weighted by atomic mass is 32.1. The number of aliphatic hydroxyl groups excluding tert-OH is 1. The number of amides is 1. The van der Waals surface area contributed by atoms with Crippen LogP contribution in [-0.4, -0.2) is 57.7 Å². The molecular formula is C32H36N2O6S. The van der Waals surface area contributed by atoms with E-state index in [4.69, 9.17) is 9.47 Å². The minimum absolute atomic E-state index is 0.00376. The van der Waals surface area contributed by atoms with Gasteiger partial charge in [0.15, 0.2) is 23.0 Å². The first-order valence-electron chi connectivity index (χ1n) is 14.5. The first kappa shape index (κ1) is 27.1. The standard InChI is InChI=1S/C32H36N2O6S/c1-29(2)39-26-13-21-20-7-6-18-12-19(35)9-10-30(18,3)27(20)23(36)14-31(21,4)32(26,40-29)25(37)15-33-28(38)17-5-8-22-24(11-17)41-16-34-22/h5,8-12,16,20-21,23,26-27,36H,6-7,13-15H2,1-4H3,(H,33,38)/t20?,21?,23-,26+,27?,30?,31?,32-/m0/s1. The minimum Gasteiger partial charge on any atom is -0.393 e. The van der Waals surface area contributed by atoms with Crippen LogP contribution in [0.3, 0.4) is 0 Å². The number of rotatable bonds is 4. The van der Waals surface area contributed by atoms with Gasteiger partial charge >= 0.3 is 0 Å². The number of thiazole rings is 1. The summed E-state index contributed by atoms with van der Waals surface area (Å²) in [4.78, 5) is 43.9. The smallest absolute Gasteiger partial charge is 0.251 e. The van der Waals surface area contributed by atoms with Crippen LogP contribution in [0, 0.1) is 28.6 Å². The molecule has 1 aromatic carbocycles. The van der Waals surface area contributed by atoms with Crippen molar-refractivity contribution in [2.75, 3.05) is 6.54 Å². The zero-order valence-corrected chi connectivity index (χ0v) is 24.6. The van der Waals surface area contributed by atoms with Crippen molar-refractivity contribution in [2.24, 2.45) is 28.6 Å². The van der Waals surface area contributed by atoms with Crippen LogP contribution in [0.4, 0.5) is 0 Å². The molecule has 2 heterocycles. The number of nitrogens with one attached hydrogen (secondary N) is 1. The number of ether oxygens (including phenoxy) is 2. The van der Waals surface area contributed by atoms with E-state index in [1.165, 1.54) is 11.3 Å². The topological polar surface area (TPSA) is 115 Å². The molecule has 2 aromatic rings. The Labute approximate surface area is 243 Å². The normalized spacial score (nSPS) is 40.4. The third-order valence-electron chi connectivity index (χ3n) is 10.9. The summed E-state index contributed by atoms with van der Waals surface area (Å²) in [7, 11) is 0. The molecule has 3 saturated carbocycles. The van der Waals surface area contributed by atoms with Gasteiger partial charge in [-0.15, -0.1) is 11.3 Å². The molecule has 2 N–H and O–H groups in total. The van der Waals surface area contributed by atoms with Gasteiger partial charge in [-0.3, -0.25) is 14.4 Å². The predicted molar refractivity (Wildman–Crippen MR) is 153 cm³/mol. The van der Waals surface area contributed by atoms with Crippen LogP contribution in [0.25, 0.3) is 10.2 Å². The summed E-state index contributed by atoms with van der Waals surface area (Å²) in [6.07, 6.45) is 6.83. The fraction of sp³-hybridized carbons (Fsp3) is 0.562. The summed E-state index contributed by atoms with van der Waals surface area (Å²) in [5.74, 6) is -1.37. The molecule has 1 aromatic heterocycles. The number of hydrogen-bond acceptors (Lipinski definition) is 8. The highest BCUT2D eigenvalue weighted by Gasteiger charge is 2.76. The lowest BCUT2D eigenvalue weighted by atomic mass is 9.46. The number of carbonyl (C=O) groups is 3. The second kappa shape index (κ2) is 8.89. The molecular weight excluding hydrogens is 540 g/mol. The number of hydrogen-bond donors (Lipinski definition) is 2. The Morgan fingerprint density at radius 3 is 2.83 bits per heavy atom. The Hall–Kier alpha value is -2.72. The van der Waals surface area contributed by atoms with Crippen LogP contribution in [-0.2, 0) is 19.1 Å². The number of fused-ring (bicyclic) bond motifs is 8. The summed E-state index contributed by atoms with van der Waals surface area (Å²) in [5.41, 5.74) is 1.74. The van der Waals surface area contributed by atoms with Crippen molar-refractivity contribution in [1.29, 1.82) is 0 Å². The molecule has 7 rings (SSSR count). The number of benzene rings is 1. The third-order valence-corrected chi connectivity index (χ3v) is 11.7. The second-order valence-electron chi connectivity index (χ2n) is 13.4. The first-order chi connectivity index (χ1) is 19.4. The van der Waals surface area contributed by atoms with E-state index < -0.39 is 34.4 Å². The number of allylic oxidation sites excluding steroid dienone is 4. The van der Waals surface area contributed by atoms with Gasteiger partial charge in [0.1, 0.15) is 0 Å². The second-order valence-corrected chi connectivity index (χ2v) is 14.3. The van der Waals surface area contributed by atoms with Gasteiger partial charge in [0.05, 0.1) is 34.5 Å². The van der Waals surface area contributed by atoms with E-state index in [-0.39, 0.29) is 41.8 Å². The van der Waals surface area contributed by atoms with Crippen LogP contribution in [0.1, 0.15) is 63.7 Å². The third kappa shape index (κ3) is 3.75. The van der Waals surface area contributed by atoms with E-state index in [2.05, 4.69) is 24.1 Å². The molecule has 5 aliphatic rings. The van der Waals surface area contributed by atoms with Gasteiger partial charge in [0.2, 0.25) is 0 Å². The number of aliphatic hydroxyl groups is 1. The Morgan fingerprint density at radius 2 is 2.02 bits per heavy atom. The molecule has 216 valence electrons. The summed E-state index contributed by atoms with van der Waals surface area (Å²) >= 11 is 1.46. The Kier molecular flexibility index (Phi) is 5.89. The Morgan fingerprint density at radius 1 is 1.22 bits per heavy atom. The van der Waals surface area contributed by atoms with Gasteiger partial charge in [0, 0.05) is 22.3 Å².